The Bertz CT molecular complexity index is 678. The normalized spacial score (nSPS) is 14.0. The first-order chi connectivity index (χ1) is 11.2. The Hall–Kier alpha value is -1.85. The summed E-state index contributed by atoms with van der Waals surface area (Å²) in [7, 11) is 0. The molecule has 1 saturated carbocycles. The number of amides is 1. The van der Waals surface area contributed by atoms with Crippen LogP contribution in [-0.4, -0.2) is 27.4 Å². The minimum Gasteiger partial charge on any atom is -0.394 e. The van der Waals surface area contributed by atoms with Gasteiger partial charge in [0.15, 0.2) is 0 Å². The Morgan fingerprint density at radius 1 is 1.35 bits per heavy atom. The second-order valence-electron chi connectivity index (χ2n) is 5.90. The highest BCUT2D eigenvalue weighted by Gasteiger charge is 2.22. The van der Waals surface area contributed by atoms with Crippen molar-refractivity contribution in [2.75, 3.05) is 11.9 Å². The van der Waals surface area contributed by atoms with Gasteiger partial charge in [-0.05, 0) is 24.5 Å². The van der Waals surface area contributed by atoms with Gasteiger partial charge in [-0.2, -0.15) is 5.10 Å². The average Bonchev–Trinajstić information content (AvgIpc) is 3.29. The number of aliphatic hydroxyl groups excluding tert-OH is 1. The maximum atomic E-state index is 12.1. The SMILES string of the molecule is O=C(CCC1CC1)Nc1cc(-c2ccc(Cl)cc2)nn1CCO. The lowest BCUT2D eigenvalue weighted by molar-refractivity contribution is -0.116. The number of nitrogens with one attached hydrogen (secondary N) is 1. The molecule has 0 aliphatic heterocycles. The van der Waals surface area contributed by atoms with Gasteiger partial charge in [0.05, 0.1) is 18.8 Å². The van der Waals surface area contributed by atoms with E-state index in [4.69, 9.17) is 11.6 Å². The highest BCUT2D eigenvalue weighted by atomic mass is 35.5. The predicted octanol–water partition coefficient (Wildman–Crippen LogP) is 3.32. The number of hydrogen-bond donors (Lipinski definition) is 2. The fraction of sp³-hybridized carbons (Fsp3) is 0.412. The van der Waals surface area contributed by atoms with Crippen molar-refractivity contribution in [3.63, 3.8) is 0 Å². The Labute approximate surface area is 140 Å². The number of nitrogens with zero attached hydrogens (tertiary/aromatic N) is 2. The number of anilines is 1. The van der Waals surface area contributed by atoms with Gasteiger partial charge in [0, 0.05) is 23.1 Å². The summed E-state index contributed by atoms with van der Waals surface area (Å²) >= 11 is 5.90. The zero-order valence-corrected chi connectivity index (χ0v) is 13.6. The van der Waals surface area contributed by atoms with Crippen LogP contribution in [0.5, 0.6) is 0 Å². The van der Waals surface area contributed by atoms with Crippen molar-refractivity contribution in [3.8, 4) is 11.3 Å². The highest BCUT2D eigenvalue weighted by molar-refractivity contribution is 6.30. The van der Waals surface area contributed by atoms with E-state index in [0.29, 0.717) is 23.8 Å². The molecule has 0 radical (unpaired) electrons. The summed E-state index contributed by atoms with van der Waals surface area (Å²) in [5, 5.41) is 17.2. The molecule has 6 heteroatoms. The average molecular weight is 334 g/mol. The molecule has 1 aromatic heterocycles. The fourth-order valence-corrected chi connectivity index (χ4v) is 2.62. The minimum atomic E-state index is -0.0350. The van der Waals surface area contributed by atoms with Gasteiger partial charge in [-0.25, -0.2) is 4.68 Å². The third-order valence-electron chi connectivity index (χ3n) is 3.98. The topological polar surface area (TPSA) is 67.2 Å². The number of rotatable bonds is 7. The van der Waals surface area contributed by atoms with Gasteiger partial charge in [-0.15, -0.1) is 0 Å². The van der Waals surface area contributed by atoms with Crippen LogP contribution < -0.4 is 5.32 Å². The fourth-order valence-electron chi connectivity index (χ4n) is 2.49. The van der Waals surface area contributed by atoms with Gasteiger partial charge in [0.2, 0.25) is 5.91 Å². The van der Waals surface area contributed by atoms with E-state index in [2.05, 4.69) is 10.4 Å². The van der Waals surface area contributed by atoms with E-state index < -0.39 is 0 Å². The molecule has 2 N–H and O–H groups in total. The standard InChI is InChI=1S/C17H20ClN3O2/c18-14-6-4-13(5-7-14)15-11-16(21(20-15)9-10-22)19-17(23)8-3-12-1-2-12/h4-7,11-12,22H,1-3,8-10H2,(H,19,23). The minimum absolute atomic E-state index is 0.00125. The van der Waals surface area contributed by atoms with Crippen LogP contribution in [0.3, 0.4) is 0 Å². The van der Waals surface area contributed by atoms with E-state index in [1.807, 2.05) is 18.2 Å². The molecule has 0 atom stereocenters. The lowest BCUT2D eigenvalue weighted by atomic mass is 10.1. The van der Waals surface area contributed by atoms with Crippen molar-refractivity contribution < 1.29 is 9.90 Å². The number of carbonyl (C=O) groups excluding carboxylic acids is 1. The van der Waals surface area contributed by atoms with Crippen molar-refractivity contribution >= 4 is 23.3 Å². The second-order valence-corrected chi connectivity index (χ2v) is 6.34. The largest absolute Gasteiger partial charge is 0.394 e. The summed E-state index contributed by atoms with van der Waals surface area (Å²) in [5.41, 5.74) is 1.66. The van der Waals surface area contributed by atoms with E-state index in [1.54, 1.807) is 16.8 Å². The van der Waals surface area contributed by atoms with Crippen LogP contribution in [0.25, 0.3) is 11.3 Å². The molecular formula is C17H20ClN3O2. The lowest BCUT2D eigenvalue weighted by Gasteiger charge is -2.07. The molecule has 0 spiro atoms. The van der Waals surface area contributed by atoms with Crippen molar-refractivity contribution in [1.82, 2.24) is 9.78 Å². The predicted molar refractivity (Wildman–Crippen MR) is 90.3 cm³/mol. The first-order valence-corrected chi connectivity index (χ1v) is 8.28. The van der Waals surface area contributed by atoms with E-state index in [9.17, 15) is 9.90 Å². The van der Waals surface area contributed by atoms with Crippen molar-refractivity contribution in [2.45, 2.75) is 32.2 Å². The van der Waals surface area contributed by atoms with Crippen LogP contribution in [0.2, 0.25) is 5.02 Å². The molecule has 0 unspecified atom stereocenters. The molecule has 1 amide bonds. The van der Waals surface area contributed by atoms with Crippen molar-refractivity contribution in [1.29, 1.82) is 0 Å². The summed E-state index contributed by atoms with van der Waals surface area (Å²) in [5.74, 6) is 1.34. The molecule has 1 fully saturated rings. The van der Waals surface area contributed by atoms with Gasteiger partial charge >= 0.3 is 0 Å². The molecular weight excluding hydrogens is 314 g/mol. The van der Waals surface area contributed by atoms with Gasteiger partial charge < -0.3 is 10.4 Å². The van der Waals surface area contributed by atoms with E-state index >= 15 is 0 Å². The monoisotopic (exact) mass is 333 g/mol. The molecule has 1 aromatic carbocycles. The third-order valence-corrected chi connectivity index (χ3v) is 4.23. The van der Waals surface area contributed by atoms with E-state index in [1.165, 1.54) is 12.8 Å². The number of carbonyl (C=O) groups is 1. The lowest BCUT2D eigenvalue weighted by Crippen LogP contribution is -2.16. The van der Waals surface area contributed by atoms with Crippen molar-refractivity contribution in [2.24, 2.45) is 5.92 Å². The van der Waals surface area contributed by atoms with Crippen LogP contribution in [-0.2, 0) is 11.3 Å². The Kier molecular flexibility index (Phi) is 4.98. The molecule has 23 heavy (non-hydrogen) atoms. The summed E-state index contributed by atoms with van der Waals surface area (Å²) in [6, 6.07) is 9.19. The van der Waals surface area contributed by atoms with E-state index in [-0.39, 0.29) is 12.5 Å². The van der Waals surface area contributed by atoms with Gasteiger partial charge in [-0.1, -0.05) is 36.6 Å². The maximum absolute atomic E-state index is 12.1. The van der Waals surface area contributed by atoms with Crippen LogP contribution in [0.15, 0.2) is 30.3 Å². The van der Waals surface area contributed by atoms with Crippen LogP contribution in [0, 0.1) is 5.92 Å². The zero-order chi connectivity index (χ0) is 16.2. The number of benzene rings is 1. The number of halogens is 1. The quantitative estimate of drug-likeness (QED) is 0.816. The van der Waals surface area contributed by atoms with Crippen molar-refractivity contribution in [3.05, 3.63) is 35.4 Å². The number of aliphatic hydroxyl groups is 1. The van der Waals surface area contributed by atoms with Crippen LogP contribution in [0.1, 0.15) is 25.7 Å². The summed E-state index contributed by atoms with van der Waals surface area (Å²) in [6.07, 6.45) is 3.97. The summed E-state index contributed by atoms with van der Waals surface area (Å²) in [6.45, 7) is 0.304. The molecule has 2 aromatic rings. The molecule has 3 rings (SSSR count). The number of hydrogen-bond acceptors (Lipinski definition) is 3. The van der Waals surface area contributed by atoms with E-state index in [0.717, 1.165) is 23.6 Å². The number of aromatic nitrogens is 2. The summed E-state index contributed by atoms with van der Waals surface area (Å²) < 4.78 is 1.62. The second kappa shape index (κ2) is 7.15. The molecule has 1 aliphatic carbocycles. The first kappa shape index (κ1) is 16.0. The molecule has 5 nitrogen and oxygen atoms in total. The highest BCUT2D eigenvalue weighted by Crippen LogP contribution is 2.33. The van der Waals surface area contributed by atoms with Gasteiger partial charge in [0.1, 0.15) is 5.82 Å². The molecule has 0 saturated heterocycles. The Balaban J connectivity index is 1.74. The maximum Gasteiger partial charge on any atom is 0.225 e. The van der Waals surface area contributed by atoms with Gasteiger partial charge in [-0.3, -0.25) is 4.79 Å². The Morgan fingerprint density at radius 3 is 2.74 bits per heavy atom. The molecule has 0 bridgehead atoms. The Morgan fingerprint density at radius 2 is 2.09 bits per heavy atom. The summed E-state index contributed by atoms with van der Waals surface area (Å²) in [4.78, 5) is 12.1. The smallest absolute Gasteiger partial charge is 0.225 e. The van der Waals surface area contributed by atoms with Gasteiger partial charge in [0.25, 0.3) is 0 Å². The molecule has 1 heterocycles. The zero-order valence-electron chi connectivity index (χ0n) is 12.8. The van der Waals surface area contributed by atoms with Crippen LogP contribution >= 0.6 is 11.6 Å². The van der Waals surface area contributed by atoms with Crippen LogP contribution in [0.4, 0.5) is 5.82 Å². The third kappa shape index (κ3) is 4.33. The molecule has 1 aliphatic rings. The first-order valence-electron chi connectivity index (χ1n) is 7.90. The molecule has 122 valence electrons.